The van der Waals surface area contributed by atoms with Crippen molar-refractivity contribution in [2.75, 3.05) is 18.5 Å². The predicted octanol–water partition coefficient (Wildman–Crippen LogP) is 5.63. The number of nitrogens with one attached hydrogen (secondary N) is 1. The Balaban J connectivity index is 2.32. The second kappa shape index (κ2) is 12.1. The van der Waals surface area contributed by atoms with E-state index in [1.165, 1.54) is 6.08 Å². The van der Waals surface area contributed by atoms with E-state index in [0.29, 0.717) is 38.5 Å². The van der Waals surface area contributed by atoms with Gasteiger partial charge in [-0.05, 0) is 83.2 Å². The van der Waals surface area contributed by atoms with Crippen LogP contribution in [0.15, 0.2) is 53.0 Å². The number of hydrogen-bond donors (Lipinski definition) is 1. The zero-order valence-corrected chi connectivity index (χ0v) is 20.0. The highest BCUT2D eigenvalue weighted by molar-refractivity contribution is 9.10. The molecule has 0 aromatic heterocycles. The molecule has 0 atom stereocenters. The number of esters is 1. The largest absolute Gasteiger partial charge is 0.480 e. The number of allylic oxidation sites excluding steroid dienone is 1. The Labute approximate surface area is 200 Å². The molecule has 2 rings (SSSR count). The third-order valence-corrected chi connectivity index (χ3v) is 5.34. The number of anilines is 1. The van der Waals surface area contributed by atoms with Crippen LogP contribution in [0.25, 0.3) is 6.08 Å². The van der Waals surface area contributed by atoms with Crippen LogP contribution in [0, 0.1) is 18.3 Å². The summed E-state index contributed by atoms with van der Waals surface area (Å²) in [4.78, 5) is 24.3. The average molecular weight is 518 g/mol. The van der Waals surface area contributed by atoms with Crippen LogP contribution in [0.1, 0.15) is 23.6 Å². The summed E-state index contributed by atoms with van der Waals surface area (Å²) in [5.41, 5.74) is 2.49. The maximum absolute atomic E-state index is 12.7. The average Bonchev–Trinajstić information content (AvgIpc) is 2.75. The molecule has 0 heterocycles. The van der Waals surface area contributed by atoms with Gasteiger partial charge in [0.1, 0.15) is 17.4 Å². The van der Waals surface area contributed by atoms with Crippen molar-refractivity contribution < 1.29 is 19.1 Å². The van der Waals surface area contributed by atoms with E-state index in [2.05, 4.69) is 27.8 Å². The number of carbonyl (C=O) groups is 2. The Kier molecular flexibility index (Phi) is 9.51. The number of benzene rings is 2. The van der Waals surface area contributed by atoms with Crippen molar-refractivity contribution in [1.29, 1.82) is 5.26 Å². The van der Waals surface area contributed by atoms with Gasteiger partial charge >= 0.3 is 5.97 Å². The fraction of sp³-hybridized carbons (Fsp3) is 0.208. The van der Waals surface area contributed by atoms with E-state index in [9.17, 15) is 14.9 Å². The molecular weight excluding hydrogens is 496 g/mol. The van der Waals surface area contributed by atoms with Gasteiger partial charge in [-0.25, -0.2) is 4.79 Å². The second-order valence-corrected chi connectivity index (χ2v) is 7.88. The van der Waals surface area contributed by atoms with Gasteiger partial charge in [0.15, 0.2) is 6.61 Å². The fourth-order valence-corrected chi connectivity index (χ4v) is 3.62. The van der Waals surface area contributed by atoms with Gasteiger partial charge < -0.3 is 14.8 Å². The smallest absolute Gasteiger partial charge is 0.344 e. The summed E-state index contributed by atoms with van der Waals surface area (Å²) in [6.45, 7) is 7.26. The number of carbonyl (C=O) groups excluding carboxylic acids is 2. The van der Waals surface area contributed by atoms with Gasteiger partial charge in [0.05, 0.1) is 11.1 Å². The molecule has 0 bridgehead atoms. The Morgan fingerprint density at radius 1 is 1.34 bits per heavy atom. The summed E-state index contributed by atoms with van der Waals surface area (Å²) < 4.78 is 11.1. The number of ether oxygens (including phenoxy) is 2. The van der Waals surface area contributed by atoms with Gasteiger partial charge in [-0.15, -0.1) is 6.58 Å². The Hall–Kier alpha value is -3.08. The third kappa shape index (κ3) is 6.71. The fourth-order valence-electron chi connectivity index (χ4n) is 2.81. The van der Waals surface area contributed by atoms with Crippen LogP contribution in [-0.2, 0) is 20.7 Å². The predicted molar refractivity (Wildman–Crippen MR) is 129 cm³/mol. The summed E-state index contributed by atoms with van der Waals surface area (Å²) >= 11 is 9.54. The highest BCUT2D eigenvalue weighted by atomic mass is 79.9. The number of nitrogens with zero attached hydrogens (tertiary/aromatic N) is 1. The first-order valence-electron chi connectivity index (χ1n) is 9.70. The van der Waals surface area contributed by atoms with Crippen molar-refractivity contribution in [3.05, 3.63) is 74.7 Å². The third-order valence-electron chi connectivity index (χ3n) is 4.34. The van der Waals surface area contributed by atoms with Gasteiger partial charge in [-0.3, -0.25) is 4.79 Å². The minimum absolute atomic E-state index is 0.0824. The Morgan fingerprint density at radius 3 is 2.75 bits per heavy atom. The summed E-state index contributed by atoms with van der Waals surface area (Å²) in [6, 6.07) is 10.5. The molecule has 0 aliphatic rings. The van der Waals surface area contributed by atoms with E-state index < -0.39 is 11.9 Å². The SMILES string of the molecule is C=CCc1cc(/C=C(/C#N)C(=O)Nc2cccc(Cl)c2C)cc(Br)c1OCC(=O)OCC. The molecule has 0 saturated heterocycles. The maximum Gasteiger partial charge on any atom is 0.344 e. The van der Waals surface area contributed by atoms with Crippen LogP contribution in [0.5, 0.6) is 5.75 Å². The molecule has 1 N–H and O–H groups in total. The summed E-state index contributed by atoms with van der Waals surface area (Å²) in [6.07, 6.45) is 3.61. The molecule has 2 aromatic rings. The molecule has 0 radical (unpaired) electrons. The Morgan fingerprint density at radius 2 is 2.09 bits per heavy atom. The van der Waals surface area contributed by atoms with E-state index in [1.54, 1.807) is 50.3 Å². The van der Waals surface area contributed by atoms with Crippen LogP contribution in [0.3, 0.4) is 0 Å². The van der Waals surface area contributed by atoms with E-state index in [1.807, 2.05) is 6.07 Å². The summed E-state index contributed by atoms with van der Waals surface area (Å²) in [5, 5.41) is 12.8. The van der Waals surface area contributed by atoms with Gasteiger partial charge in [0, 0.05) is 10.7 Å². The molecule has 32 heavy (non-hydrogen) atoms. The molecule has 0 fully saturated rings. The molecule has 8 heteroatoms. The summed E-state index contributed by atoms with van der Waals surface area (Å²) in [5.74, 6) is -0.567. The van der Waals surface area contributed by atoms with Gasteiger partial charge in [-0.2, -0.15) is 5.26 Å². The number of amides is 1. The van der Waals surface area contributed by atoms with E-state index in [0.717, 1.165) is 5.56 Å². The van der Waals surface area contributed by atoms with E-state index in [-0.39, 0.29) is 18.8 Å². The molecule has 0 unspecified atom stereocenters. The van der Waals surface area contributed by atoms with Crippen molar-refractivity contribution >= 4 is 51.2 Å². The number of rotatable bonds is 9. The first-order valence-corrected chi connectivity index (χ1v) is 10.9. The summed E-state index contributed by atoms with van der Waals surface area (Å²) in [7, 11) is 0. The second-order valence-electron chi connectivity index (χ2n) is 6.61. The minimum atomic E-state index is -0.554. The van der Waals surface area contributed by atoms with Crippen LogP contribution >= 0.6 is 27.5 Å². The van der Waals surface area contributed by atoms with Gasteiger partial charge in [0.2, 0.25) is 0 Å². The topological polar surface area (TPSA) is 88.4 Å². The molecule has 2 aromatic carbocycles. The van der Waals surface area contributed by atoms with Crippen molar-refractivity contribution in [2.24, 2.45) is 0 Å². The van der Waals surface area contributed by atoms with Crippen molar-refractivity contribution in [2.45, 2.75) is 20.3 Å². The van der Waals surface area contributed by atoms with Crippen molar-refractivity contribution in [1.82, 2.24) is 0 Å². The van der Waals surface area contributed by atoms with Crippen LogP contribution in [0.4, 0.5) is 5.69 Å². The lowest BCUT2D eigenvalue weighted by Gasteiger charge is -2.14. The lowest BCUT2D eigenvalue weighted by Crippen LogP contribution is -2.15. The normalized spacial score (nSPS) is 10.8. The monoisotopic (exact) mass is 516 g/mol. The molecule has 0 saturated carbocycles. The first kappa shape index (κ1) is 25.2. The molecule has 0 spiro atoms. The lowest BCUT2D eigenvalue weighted by molar-refractivity contribution is -0.145. The zero-order valence-electron chi connectivity index (χ0n) is 17.7. The zero-order chi connectivity index (χ0) is 23.7. The van der Waals surface area contributed by atoms with Crippen LogP contribution < -0.4 is 10.1 Å². The molecule has 6 nitrogen and oxygen atoms in total. The van der Waals surface area contributed by atoms with Crippen LogP contribution in [0.2, 0.25) is 5.02 Å². The minimum Gasteiger partial charge on any atom is -0.480 e. The quantitative estimate of drug-likeness (QED) is 0.202. The van der Waals surface area contributed by atoms with Crippen molar-refractivity contribution in [3.8, 4) is 11.8 Å². The highest BCUT2D eigenvalue weighted by Gasteiger charge is 2.15. The van der Waals surface area contributed by atoms with Gasteiger partial charge in [0.25, 0.3) is 5.91 Å². The molecule has 0 aliphatic carbocycles. The first-order chi connectivity index (χ1) is 15.3. The highest BCUT2D eigenvalue weighted by Crippen LogP contribution is 2.32. The van der Waals surface area contributed by atoms with E-state index >= 15 is 0 Å². The number of nitriles is 1. The molecule has 166 valence electrons. The Bertz CT molecular complexity index is 1110. The molecule has 1 amide bonds. The van der Waals surface area contributed by atoms with Gasteiger partial charge in [-0.1, -0.05) is 23.7 Å². The van der Waals surface area contributed by atoms with E-state index in [4.69, 9.17) is 21.1 Å². The maximum atomic E-state index is 12.7. The standard InChI is InChI=1S/C24H22BrClN2O4/c1-4-7-17-10-16(12-19(25)23(17)32-14-22(29)31-5-2)11-18(13-27)24(30)28-21-9-6-8-20(26)15(21)3/h4,6,8-12H,1,5,7,14H2,2-3H3,(H,28,30)/b18-11-. The molecular formula is C24H22BrClN2O4. The van der Waals surface area contributed by atoms with Crippen LogP contribution in [-0.4, -0.2) is 25.1 Å². The van der Waals surface area contributed by atoms with Crippen molar-refractivity contribution in [3.63, 3.8) is 0 Å². The molecule has 0 aliphatic heterocycles. The number of halogens is 2. The lowest BCUT2D eigenvalue weighted by atomic mass is 10.0. The number of hydrogen-bond acceptors (Lipinski definition) is 5.